The van der Waals surface area contributed by atoms with Crippen LogP contribution in [0.4, 0.5) is 0 Å². The number of nitrogens with zero attached hydrogens (tertiary/aromatic N) is 4. The Morgan fingerprint density at radius 2 is 2.30 bits per heavy atom. The van der Waals surface area contributed by atoms with Crippen molar-refractivity contribution in [1.29, 1.82) is 0 Å². The molecule has 2 aromatic rings. The molecule has 1 aromatic carbocycles. The van der Waals surface area contributed by atoms with Gasteiger partial charge in [-0.2, -0.15) is 0 Å². The van der Waals surface area contributed by atoms with E-state index >= 15 is 0 Å². The molecular weight excluding hydrogens is 290 g/mol. The molecule has 0 radical (unpaired) electrons. The Kier molecular flexibility index (Phi) is 3.13. The number of carbonyl (C=O) groups excluding carboxylic acids is 1. The van der Waals surface area contributed by atoms with E-state index in [4.69, 9.17) is 5.53 Å². The molecule has 0 amide bonds. The summed E-state index contributed by atoms with van der Waals surface area (Å²) in [4.78, 5) is 20.6. The summed E-state index contributed by atoms with van der Waals surface area (Å²) in [5.74, 6) is -0.0364. The summed E-state index contributed by atoms with van der Waals surface area (Å²) >= 11 is 0. The maximum absolute atomic E-state index is 12.0. The minimum Gasteiger partial charge on any atom is -0.368 e. The number of fused-ring (bicyclic) bond motifs is 5. The molecule has 0 unspecified atom stereocenters. The first-order chi connectivity index (χ1) is 11.2. The summed E-state index contributed by atoms with van der Waals surface area (Å²) in [7, 11) is 0. The van der Waals surface area contributed by atoms with Crippen molar-refractivity contribution in [2.24, 2.45) is 11.0 Å². The number of ketones is 1. The molecule has 1 N–H and O–H groups in total. The molecule has 0 aliphatic carbocycles. The van der Waals surface area contributed by atoms with Crippen LogP contribution in [0, 0.1) is 5.92 Å². The fraction of sp³-hybridized carbons (Fsp3) is 0.353. The van der Waals surface area contributed by atoms with Crippen LogP contribution in [0.15, 0.2) is 41.2 Å². The number of Topliss-reactive ketones (excluding diaryl/α,β-unsaturated/α-hetero) is 1. The van der Waals surface area contributed by atoms with Gasteiger partial charge in [0.15, 0.2) is 5.78 Å². The predicted octanol–water partition coefficient (Wildman–Crippen LogP) is 3.48. The van der Waals surface area contributed by atoms with Gasteiger partial charge >= 0.3 is 0 Å². The number of para-hydroxylation sites is 1. The predicted molar refractivity (Wildman–Crippen MR) is 87.7 cm³/mol. The second-order valence-electron chi connectivity index (χ2n) is 6.16. The molecule has 6 nitrogen and oxygen atoms in total. The van der Waals surface area contributed by atoms with Crippen LogP contribution in [0.1, 0.15) is 24.2 Å². The highest BCUT2D eigenvalue weighted by atomic mass is 16.1. The van der Waals surface area contributed by atoms with E-state index in [9.17, 15) is 4.79 Å². The van der Waals surface area contributed by atoms with Crippen LogP contribution >= 0.6 is 0 Å². The SMILES string of the molecule is CC(=O)C1=CN2CCc3c([nH]c4ccccc34)[C@H]2[C@@H]1CN=[N+]=[N-]. The number of hydrogen-bond acceptors (Lipinski definition) is 3. The van der Waals surface area contributed by atoms with Crippen molar-refractivity contribution in [3.05, 3.63) is 57.7 Å². The Balaban J connectivity index is 1.85. The van der Waals surface area contributed by atoms with Gasteiger partial charge in [-0.1, -0.05) is 23.3 Å². The second kappa shape index (κ2) is 5.18. The number of H-pyrrole nitrogens is 1. The monoisotopic (exact) mass is 307 g/mol. The van der Waals surface area contributed by atoms with E-state index in [0.29, 0.717) is 6.54 Å². The van der Waals surface area contributed by atoms with Gasteiger partial charge in [0.1, 0.15) is 0 Å². The smallest absolute Gasteiger partial charge is 0.157 e. The van der Waals surface area contributed by atoms with Gasteiger partial charge in [0, 0.05) is 52.3 Å². The minimum absolute atomic E-state index is 0.0511. The Morgan fingerprint density at radius 3 is 3.09 bits per heavy atom. The van der Waals surface area contributed by atoms with Crippen LogP contribution in [-0.2, 0) is 11.2 Å². The molecule has 3 heterocycles. The zero-order valence-corrected chi connectivity index (χ0v) is 12.9. The summed E-state index contributed by atoms with van der Waals surface area (Å²) in [5, 5.41) is 5.00. The molecular formula is C17H17N5O. The molecule has 0 spiro atoms. The molecule has 23 heavy (non-hydrogen) atoms. The summed E-state index contributed by atoms with van der Waals surface area (Å²) < 4.78 is 0. The molecule has 6 heteroatoms. The topological polar surface area (TPSA) is 84.9 Å². The number of hydrogen-bond donors (Lipinski definition) is 1. The first-order valence-corrected chi connectivity index (χ1v) is 7.79. The van der Waals surface area contributed by atoms with Crippen molar-refractivity contribution in [1.82, 2.24) is 9.88 Å². The van der Waals surface area contributed by atoms with Crippen molar-refractivity contribution in [3.63, 3.8) is 0 Å². The van der Waals surface area contributed by atoms with Crippen LogP contribution in [0.25, 0.3) is 21.3 Å². The summed E-state index contributed by atoms with van der Waals surface area (Å²) in [5.41, 5.74) is 13.1. The second-order valence-corrected chi connectivity index (χ2v) is 6.16. The van der Waals surface area contributed by atoms with Gasteiger partial charge < -0.3 is 9.88 Å². The van der Waals surface area contributed by atoms with Gasteiger partial charge in [-0.3, -0.25) is 4.79 Å². The van der Waals surface area contributed by atoms with Gasteiger partial charge in [-0.25, -0.2) is 0 Å². The number of aromatic nitrogens is 1. The zero-order valence-electron chi connectivity index (χ0n) is 12.9. The van der Waals surface area contributed by atoms with E-state index in [-0.39, 0.29) is 17.7 Å². The van der Waals surface area contributed by atoms with E-state index in [1.165, 1.54) is 10.9 Å². The largest absolute Gasteiger partial charge is 0.368 e. The molecule has 2 atom stereocenters. The maximum atomic E-state index is 12.0. The molecule has 0 fully saturated rings. The Labute approximate surface area is 133 Å². The van der Waals surface area contributed by atoms with Crippen molar-refractivity contribution >= 4 is 16.7 Å². The first kappa shape index (κ1) is 13.9. The van der Waals surface area contributed by atoms with Crippen LogP contribution in [0.2, 0.25) is 0 Å². The third kappa shape index (κ3) is 2.03. The molecule has 0 bridgehead atoms. The molecule has 116 valence electrons. The number of nitrogens with one attached hydrogen (secondary N) is 1. The lowest BCUT2D eigenvalue weighted by molar-refractivity contribution is -0.114. The van der Waals surface area contributed by atoms with Crippen molar-refractivity contribution in [2.75, 3.05) is 13.1 Å². The highest BCUT2D eigenvalue weighted by Gasteiger charge is 2.41. The van der Waals surface area contributed by atoms with E-state index in [0.717, 1.165) is 29.7 Å². The zero-order chi connectivity index (χ0) is 16.0. The number of benzene rings is 1. The van der Waals surface area contributed by atoms with Crippen molar-refractivity contribution in [3.8, 4) is 0 Å². The summed E-state index contributed by atoms with van der Waals surface area (Å²) in [6.45, 7) is 2.76. The summed E-state index contributed by atoms with van der Waals surface area (Å²) in [6, 6.07) is 8.34. The highest BCUT2D eigenvalue weighted by molar-refractivity contribution is 5.94. The van der Waals surface area contributed by atoms with Crippen LogP contribution in [0.3, 0.4) is 0 Å². The average molecular weight is 307 g/mol. The highest BCUT2D eigenvalue weighted by Crippen LogP contribution is 2.45. The fourth-order valence-corrected chi connectivity index (χ4v) is 3.98. The average Bonchev–Trinajstić information content (AvgIpc) is 3.10. The van der Waals surface area contributed by atoms with Crippen LogP contribution < -0.4 is 0 Å². The van der Waals surface area contributed by atoms with Crippen LogP contribution in [0.5, 0.6) is 0 Å². The fourth-order valence-electron chi connectivity index (χ4n) is 3.98. The van der Waals surface area contributed by atoms with E-state index in [1.54, 1.807) is 6.92 Å². The molecule has 4 rings (SSSR count). The molecule has 2 aliphatic rings. The van der Waals surface area contributed by atoms with Gasteiger partial charge in [-0.15, -0.1) is 0 Å². The molecule has 0 saturated carbocycles. The van der Waals surface area contributed by atoms with Gasteiger partial charge in [-0.05, 0) is 30.5 Å². The summed E-state index contributed by atoms with van der Waals surface area (Å²) in [6.07, 6.45) is 2.91. The Morgan fingerprint density at radius 1 is 1.48 bits per heavy atom. The van der Waals surface area contributed by atoms with Crippen LogP contribution in [-0.4, -0.2) is 28.8 Å². The van der Waals surface area contributed by atoms with Gasteiger partial charge in [0.2, 0.25) is 0 Å². The third-order valence-corrected chi connectivity index (χ3v) is 4.95. The van der Waals surface area contributed by atoms with E-state index < -0.39 is 0 Å². The maximum Gasteiger partial charge on any atom is 0.157 e. The van der Waals surface area contributed by atoms with Gasteiger partial charge in [0.25, 0.3) is 0 Å². The quantitative estimate of drug-likeness (QED) is 0.535. The number of carbonyl (C=O) groups is 1. The van der Waals surface area contributed by atoms with Gasteiger partial charge in [0.05, 0.1) is 6.04 Å². The lowest BCUT2D eigenvalue weighted by Gasteiger charge is -2.34. The van der Waals surface area contributed by atoms with E-state index in [1.807, 2.05) is 18.3 Å². The lowest BCUT2D eigenvalue weighted by atomic mass is 9.87. The normalized spacial score (nSPS) is 22.3. The minimum atomic E-state index is -0.0875. The molecule has 2 aliphatic heterocycles. The Bertz CT molecular complexity index is 874. The first-order valence-electron chi connectivity index (χ1n) is 7.79. The van der Waals surface area contributed by atoms with Crippen molar-refractivity contribution in [2.45, 2.75) is 19.4 Å². The Hall–Kier alpha value is -2.72. The molecule has 0 saturated heterocycles. The number of rotatable bonds is 3. The number of aromatic amines is 1. The number of azide groups is 1. The third-order valence-electron chi connectivity index (χ3n) is 4.95. The molecule has 1 aromatic heterocycles. The van der Waals surface area contributed by atoms with E-state index in [2.05, 4.69) is 32.0 Å². The van der Waals surface area contributed by atoms with Crippen molar-refractivity contribution < 1.29 is 4.79 Å². The lowest BCUT2D eigenvalue weighted by Crippen LogP contribution is -2.32. The standard InChI is InChI=1S/C17H17N5O/c1-10(23)14-9-22-7-6-12-11-4-2-3-5-15(11)20-16(12)17(22)13(14)8-19-21-18/h2-5,9,13,17,20H,6-8H2,1H3/t13-,17-/m1/s1.